The normalized spacial score (nSPS) is 16.9. The van der Waals surface area contributed by atoms with Crippen molar-refractivity contribution in [2.75, 3.05) is 0 Å². The maximum atomic E-state index is 9.69. The van der Waals surface area contributed by atoms with E-state index in [1.807, 2.05) is 13.8 Å². The highest BCUT2D eigenvalue weighted by molar-refractivity contribution is 4.78. The SMILES string of the molecule is CCCC(O)(O)C(C)OC(C)C(O)(O)CCC. The summed E-state index contributed by atoms with van der Waals surface area (Å²) in [5, 5.41) is 38.8. The zero-order chi connectivity index (χ0) is 13.7. The van der Waals surface area contributed by atoms with Crippen molar-refractivity contribution in [3.05, 3.63) is 0 Å². The molecule has 17 heavy (non-hydrogen) atoms. The Hall–Kier alpha value is -0.200. The highest BCUT2D eigenvalue weighted by atomic mass is 16.6. The van der Waals surface area contributed by atoms with Crippen molar-refractivity contribution in [1.29, 1.82) is 0 Å². The van der Waals surface area contributed by atoms with Crippen LogP contribution in [0.1, 0.15) is 53.4 Å². The summed E-state index contributed by atoms with van der Waals surface area (Å²) in [7, 11) is 0. The number of ether oxygens (including phenoxy) is 1. The van der Waals surface area contributed by atoms with E-state index in [-0.39, 0.29) is 12.8 Å². The molecular weight excluding hydrogens is 224 g/mol. The Balaban J connectivity index is 4.42. The molecule has 0 saturated carbocycles. The van der Waals surface area contributed by atoms with E-state index in [9.17, 15) is 20.4 Å². The van der Waals surface area contributed by atoms with Gasteiger partial charge >= 0.3 is 0 Å². The lowest BCUT2D eigenvalue weighted by Crippen LogP contribution is -2.49. The fraction of sp³-hybridized carbons (Fsp3) is 1.00. The quantitative estimate of drug-likeness (QED) is 0.477. The third-order valence-electron chi connectivity index (χ3n) is 2.95. The molecule has 5 nitrogen and oxygen atoms in total. The van der Waals surface area contributed by atoms with E-state index in [4.69, 9.17) is 4.74 Å². The van der Waals surface area contributed by atoms with Crippen molar-refractivity contribution in [3.63, 3.8) is 0 Å². The monoisotopic (exact) mass is 250 g/mol. The third kappa shape index (κ3) is 5.31. The predicted octanol–water partition coefficient (Wildman–Crippen LogP) is 0.742. The summed E-state index contributed by atoms with van der Waals surface area (Å²) in [5.74, 6) is -3.88. The van der Waals surface area contributed by atoms with Crippen LogP contribution >= 0.6 is 0 Å². The summed E-state index contributed by atoms with van der Waals surface area (Å²) in [5.41, 5.74) is 0. The maximum Gasteiger partial charge on any atom is 0.189 e. The molecular formula is C12H26O5. The minimum atomic E-state index is -1.94. The fourth-order valence-corrected chi connectivity index (χ4v) is 1.67. The molecule has 104 valence electrons. The molecule has 0 radical (unpaired) electrons. The van der Waals surface area contributed by atoms with Crippen molar-refractivity contribution >= 4 is 0 Å². The van der Waals surface area contributed by atoms with Gasteiger partial charge in [0, 0.05) is 12.8 Å². The van der Waals surface area contributed by atoms with Crippen LogP contribution in [-0.4, -0.2) is 44.2 Å². The molecule has 5 heteroatoms. The molecule has 2 atom stereocenters. The standard InChI is InChI=1S/C12H26O5/c1-5-7-11(13,14)9(3)17-10(4)12(15,16)8-6-2/h9-10,13-16H,5-8H2,1-4H3. The summed E-state index contributed by atoms with van der Waals surface area (Å²) < 4.78 is 5.28. The summed E-state index contributed by atoms with van der Waals surface area (Å²) in [4.78, 5) is 0. The van der Waals surface area contributed by atoms with E-state index < -0.39 is 23.8 Å². The number of rotatable bonds is 8. The van der Waals surface area contributed by atoms with Crippen LogP contribution in [0, 0.1) is 0 Å². The van der Waals surface area contributed by atoms with Gasteiger partial charge in [-0.15, -0.1) is 0 Å². The van der Waals surface area contributed by atoms with Crippen LogP contribution in [0.2, 0.25) is 0 Å². The predicted molar refractivity (Wildman–Crippen MR) is 64.2 cm³/mol. The molecule has 0 spiro atoms. The average Bonchev–Trinajstić information content (AvgIpc) is 2.17. The molecule has 4 N–H and O–H groups in total. The highest BCUT2D eigenvalue weighted by Crippen LogP contribution is 2.23. The van der Waals surface area contributed by atoms with E-state index in [1.165, 1.54) is 13.8 Å². The van der Waals surface area contributed by atoms with Crippen LogP contribution in [0.3, 0.4) is 0 Å². The molecule has 0 fully saturated rings. The lowest BCUT2D eigenvalue weighted by molar-refractivity contribution is -0.294. The Bertz CT molecular complexity index is 193. The minimum Gasteiger partial charge on any atom is -0.364 e. The Morgan fingerprint density at radius 3 is 1.35 bits per heavy atom. The van der Waals surface area contributed by atoms with Crippen LogP contribution in [0.25, 0.3) is 0 Å². The van der Waals surface area contributed by atoms with Gasteiger partial charge in [-0.1, -0.05) is 26.7 Å². The van der Waals surface area contributed by atoms with Crippen molar-refractivity contribution in [2.24, 2.45) is 0 Å². The zero-order valence-corrected chi connectivity index (χ0v) is 11.2. The van der Waals surface area contributed by atoms with Gasteiger partial charge in [0.25, 0.3) is 0 Å². The molecule has 0 heterocycles. The Labute approximate surface area is 103 Å². The van der Waals surface area contributed by atoms with Crippen molar-refractivity contribution in [2.45, 2.75) is 77.2 Å². The highest BCUT2D eigenvalue weighted by Gasteiger charge is 2.37. The Kier molecular flexibility index (Phi) is 6.58. The fourth-order valence-electron chi connectivity index (χ4n) is 1.67. The first kappa shape index (κ1) is 16.8. The van der Waals surface area contributed by atoms with E-state index in [0.717, 1.165) is 0 Å². The molecule has 0 aromatic rings. The van der Waals surface area contributed by atoms with Crippen LogP contribution in [0.5, 0.6) is 0 Å². The maximum absolute atomic E-state index is 9.69. The lowest BCUT2D eigenvalue weighted by atomic mass is 10.0. The van der Waals surface area contributed by atoms with Gasteiger partial charge < -0.3 is 25.2 Å². The van der Waals surface area contributed by atoms with Crippen molar-refractivity contribution < 1.29 is 25.2 Å². The van der Waals surface area contributed by atoms with Crippen LogP contribution in [-0.2, 0) is 4.74 Å². The topological polar surface area (TPSA) is 90.2 Å². The number of hydrogen-bond donors (Lipinski definition) is 4. The molecule has 0 aliphatic heterocycles. The number of hydrogen-bond acceptors (Lipinski definition) is 5. The smallest absolute Gasteiger partial charge is 0.189 e. The first-order chi connectivity index (χ1) is 7.67. The molecule has 0 amide bonds. The van der Waals surface area contributed by atoms with E-state index in [2.05, 4.69) is 0 Å². The summed E-state index contributed by atoms with van der Waals surface area (Å²) in [6, 6.07) is 0. The molecule has 2 unspecified atom stereocenters. The molecule has 0 aliphatic carbocycles. The first-order valence-corrected chi connectivity index (χ1v) is 6.22. The second-order valence-electron chi connectivity index (χ2n) is 4.68. The second kappa shape index (κ2) is 6.66. The second-order valence-corrected chi connectivity index (χ2v) is 4.68. The van der Waals surface area contributed by atoms with Gasteiger partial charge in [0.1, 0.15) is 12.2 Å². The van der Waals surface area contributed by atoms with Gasteiger partial charge in [-0.05, 0) is 13.8 Å². The average molecular weight is 250 g/mol. The van der Waals surface area contributed by atoms with E-state index in [1.54, 1.807) is 0 Å². The Morgan fingerprint density at radius 2 is 1.12 bits per heavy atom. The van der Waals surface area contributed by atoms with E-state index in [0.29, 0.717) is 12.8 Å². The van der Waals surface area contributed by atoms with Gasteiger partial charge in [-0.25, -0.2) is 0 Å². The van der Waals surface area contributed by atoms with Crippen LogP contribution < -0.4 is 0 Å². The van der Waals surface area contributed by atoms with Gasteiger partial charge in [0.05, 0.1) is 0 Å². The van der Waals surface area contributed by atoms with Crippen LogP contribution in [0.15, 0.2) is 0 Å². The first-order valence-electron chi connectivity index (χ1n) is 6.22. The summed E-state index contributed by atoms with van der Waals surface area (Å²) in [6.45, 7) is 6.68. The molecule has 0 bridgehead atoms. The van der Waals surface area contributed by atoms with Gasteiger partial charge in [0.15, 0.2) is 11.6 Å². The molecule has 0 rings (SSSR count). The van der Waals surface area contributed by atoms with Crippen molar-refractivity contribution in [1.82, 2.24) is 0 Å². The minimum absolute atomic E-state index is 0.179. The van der Waals surface area contributed by atoms with Crippen molar-refractivity contribution in [3.8, 4) is 0 Å². The lowest BCUT2D eigenvalue weighted by Gasteiger charge is -2.35. The van der Waals surface area contributed by atoms with Crippen LogP contribution in [0.4, 0.5) is 0 Å². The molecule has 0 saturated heterocycles. The zero-order valence-electron chi connectivity index (χ0n) is 11.2. The summed E-state index contributed by atoms with van der Waals surface area (Å²) in [6.07, 6.45) is -0.196. The summed E-state index contributed by atoms with van der Waals surface area (Å²) >= 11 is 0. The van der Waals surface area contributed by atoms with Gasteiger partial charge in [-0.3, -0.25) is 0 Å². The van der Waals surface area contributed by atoms with E-state index >= 15 is 0 Å². The Morgan fingerprint density at radius 1 is 0.824 bits per heavy atom. The van der Waals surface area contributed by atoms with Gasteiger partial charge in [-0.2, -0.15) is 0 Å². The third-order valence-corrected chi connectivity index (χ3v) is 2.95. The largest absolute Gasteiger partial charge is 0.364 e. The number of aliphatic hydroxyl groups is 4. The molecule has 0 aromatic heterocycles. The molecule has 0 aromatic carbocycles. The van der Waals surface area contributed by atoms with Gasteiger partial charge in [0.2, 0.25) is 0 Å². The molecule has 0 aliphatic rings.